The maximum Gasteiger partial charge on any atom is 0.259 e. The Morgan fingerprint density at radius 1 is 1.24 bits per heavy atom. The molecular formula is C15H13BrN2O2S. The molecule has 0 aliphatic carbocycles. The molecule has 2 aromatic rings. The number of phenols is 1. The summed E-state index contributed by atoms with van der Waals surface area (Å²) in [5.41, 5.74) is 7.79. The van der Waals surface area contributed by atoms with Crippen molar-refractivity contribution in [2.75, 3.05) is 5.32 Å². The van der Waals surface area contributed by atoms with E-state index >= 15 is 0 Å². The van der Waals surface area contributed by atoms with E-state index in [1.165, 1.54) is 6.07 Å². The summed E-state index contributed by atoms with van der Waals surface area (Å²) in [6, 6.07) is 10.0. The van der Waals surface area contributed by atoms with Gasteiger partial charge in [-0.25, -0.2) is 0 Å². The van der Waals surface area contributed by atoms with Crippen LogP contribution in [0.5, 0.6) is 5.75 Å². The molecule has 0 atom stereocenters. The molecule has 0 radical (unpaired) electrons. The summed E-state index contributed by atoms with van der Waals surface area (Å²) in [5.74, 6) is -0.497. The molecule has 1 amide bonds. The van der Waals surface area contributed by atoms with Crippen LogP contribution in [0, 0.1) is 6.92 Å². The molecular weight excluding hydrogens is 352 g/mol. The van der Waals surface area contributed by atoms with Gasteiger partial charge in [-0.1, -0.05) is 39.8 Å². The minimum atomic E-state index is -0.420. The molecule has 2 rings (SSSR count). The van der Waals surface area contributed by atoms with Crippen molar-refractivity contribution in [1.29, 1.82) is 0 Å². The summed E-state index contributed by atoms with van der Waals surface area (Å²) in [6.07, 6.45) is 0. The van der Waals surface area contributed by atoms with Crippen molar-refractivity contribution < 1.29 is 9.90 Å². The lowest BCUT2D eigenvalue weighted by Gasteiger charge is -2.12. The highest BCUT2D eigenvalue weighted by atomic mass is 79.9. The largest absolute Gasteiger partial charge is 0.507 e. The molecule has 0 fully saturated rings. The molecule has 108 valence electrons. The molecule has 0 aliphatic heterocycles. The highest BCUT2D eigenvalue weighted by Gasteiger charge is 2.14. The molecule has 0 aromatic heterocycles. The fraction of sp³-hybridized carbons (Fsp3) is 0.0667. The predicted octanol–water partition coefficient (Wildman–Crippen LogP) is 3.35. The number of phenolic OH excluding ortho intramolecular Hbond substituents is 1. The SMILES string of the molecule is Cc1ccc(O)c(C(=O)Nc2ccc(Br)cc2C(N)=S)c1. The first-order chi connectivity index (χ1) is 9.88. The smallest absolute Gasteiger partial charge is 0.259 e. The van der Waals surface area contributed by atoms with Crippen molar-refractivity contribution in [2.24, 2.45) is 5.73 Å². The molecule has 21 heavy (non-hydrogen) atoms. The maximum absolute atomic E-state index is 12.3. The number of hydrogen-bond donors (Lipinski definition) is 3. The quantitative estimate of drug-likeness (QED) is 0.730. The van der Waals surface area contributed by atoms with Crippen molar-refractivity contribution in [3.63, 3.8) is 0 Å². The number of benzene rings is 2. The summed E-state index contributed by atoms with van der Waals surface area (Å²) in [5, 5.41) is 12.5. The van der Waals surface area contributed by atoms with Crippen molar-refractivity contribution in [3.8, 4) is 5.75 Å². The third kappa shape index (κ3) is 3.59. The normalized spacial score (nSPS) is 10.2. The van der Waals surface area contributed by atoms with Crippen LogP contribution in [0.3, 0.4) is 0 Å². The number of anilines is 1. The van der Waals surface area contributed by atoms with Gasteiger partial charge in [0, 0.05) is 10.0 Å². The van der Waals surface area contributed by atoms with Gasteiger partial charge in [-0.3, -0.25) is 4.79 Å². The number of nitrogens with one attached hydrogen (secondary N) is 1. The van der Waals surface area contributed by atoms with E-state index in [1.54, 1.807) is 30.3 Å². The summed E-state index contributed by atoms with van der Waals surface area (Å²) in [7, 11) is 0. The van der Waals surface area contributed by atoms with Gasteiger partial charge in [0.15, 0.2) is 0 Å². The number of nitrogens with two attached hydrogens (primary N) is 1. The summed E-state index contributed by atoms with van der Waals surface area (Å²) in [6.45, 7) is 1.84. The van der Waals surface area contributed by atoms with Crippen LogP contribution in [0.25, 0.3) is 0 Å². The maximum atomic E-state index is 12.3. The predicted molar refractivity (Wildman–Crippen MR) is 90.8 cm³/mol. The lowest BCUT2D eigenvalue weighted by Crippen LogP contribution is -2.17. The second kappa shape index (κ2) is 6.24. The average molecular weight is 365 g/mol. The van der Waals surface area contributed by atoms with E-state index < -0.39 is 5.91 Å². The number of hydrogen-bond acceptors (Lipinski definition) is 3. The Morgan fingerprint density at radius 3 is 2.62 bits per heavy atom. The Kier molecular flexibility index (Phi) is 4.59. The van der Waals surface area contributed by atoms with Crippen LogP contribution in [0.1, 0.15) is 21.5 Å². The molecule has 0 heterocycles. The first kappa shape index (κ1) is 15.5. The van der Waals surface area contributed by atoms with Crippen LogP contribution in [0.15, 0.2) is 40.9 Å². The molecule has 0 aliphatic rings. The molecule has 0 unspecified atom stereocenters. The fourth-order valence-corrected chi connectivity index (χ4v) is 2.38. The molecule has 0 saturated carbocycles. The minimum absolute atomic E-state index is 0.0768. The van der Waals surface area contributed by atoms with Crippen LogP contribution in [0.2, 0.25) is 0 Å². The Balaban J connectivity index is 2.36. The zero-order chi connectivity index (χ0) is 15.6. The van der Waals surface area contributed by atoms with Gasteiger partial charge in [-0.15, -0.1) is 0 Å². The zero-order valence-electron chi connectivity index (χ0n) is 11.2. The van der Waals surface area contributed by atoms with Crippen LogP contribution in [-0.2, 0) is 0 Å². The van der Waals surface area contributed by atoms with E-state index in [0.717, 1.165) is 10.0 Å². The second-order valence-corrected chi connectivity index (χ2v) is 5.88. The number of amides is 1. The van der Waals surface area contributed by atoms with Gasteiger partial charge in [0.2, 0.25) is 0 Å². The number of carbonyl (C=O) groups excluding carboxylic acids is 1. The molecule has 4 N–H and O–H groups in total. The van der Waals surface area contributed by atoms with Crippen LogP contribution in [-0.4, -0.2) is 16.0 Å². The van der Waals surface area contributed by atoms with Gasteiger partial charge >= 0.3 is 0 Å². The van der Waals surface area contributed by atoms with Crippen molar-refractivity contribution in [1.82, 2.24) is 0 Å². The van der Waals surface area contributed by atoms with Crippen molar-refractivity contribution >= 4 is 44.7 Å². The third-order valence-corrected chi connectivity index (χ3v) is 3.61. The number of carbonyl (C=O) groups is 1. The highest BCUT2D eigenvalue weighted by molar-refractivity contribution is 9.10. The standard InChI is InChI=1S/C15H13BrN2O2S/c1-8-2-5-13(19)11(6-8)15(20)18-12-4-3-9(16)7-10(12)14(17)21/h2-7,19H,1H3,(H2,17,21)(H,18,20). The Bertz CT molecular complexity index is 732. The Hall–Kier alpha value is -1.92. The molecule has 4 nitrogen and oxygen atoms in total. The van der Waals surface area contributed by atoms with Gasteiger partial charge in [-0.05, 0) is 37.3 Å². The Labute approximate surface area is 136 Å². The second-order valence-electron chi connectivity index (χ2n) is 4.53. The highest BCUT2D eigenvalue weighted by Crippen LogP contribution is 2.24. The number of thiocarbonyl (C=S) groups is 1. The van der Waals surface area contributed by atoms with E-state index in [0.29, 0.717) is 11.3 Å². The van der Waals surface area contributed by atoms with E-state index in [4.69, 9.17) is 18.0 Å². The van der Waals surface area contributed by atoms with E-state index in [1.807, 2.05) is 6.92 Å². The van der Waals surface area contributed by atoms with Crippen LogP contribution in [0.4, 0.5) is 5.69 Å². The molecule has 6 heteroatoms. The molecule has 0 saturated heterocycles. The average Bonchev–Trinajstić information content (AvgIpc) is 2.43. The number of aryl methyl sites for hydroxylation is 1. The monoisotopic (exact) mass is 364 g/mol. The van der Waals surface area contributed by atoms with Gasteiger partial charge in [0.25, 0.3) is 5.91 Å². The van der Waals surface area contributed by atoms with Gasteiger partial charge in [0.1, 0.15) is 10.7 Å². The van der Waals surface area contributed by atoms with Gasteiger partial charge in [0.05, 0.1) is 11.3 Å². The zero-order valence-corrected chi connectivity index (χ0v) is 13.6. The Morgan fingerprint density at radius 2 is 1.95 bits per heavy atom. The molecule has 2 aromatic carbocycles. The van der Waals surface area contributed by atoms with Gasteiger partial charge in [-0.2, -0.15) is 0 Å². The van der Waals surface area contributed by atoms with E-state index in [2.05, 4.69) is 21.2 Å². The topological polar surface area (TPSA) is 75.3 Å². The first-order valence-corrected chi connectivity index (χ1v) is 7.29. The van der Waals surface area contributed by atoms with Crippen molar-refractivity contribution in [3.05, 3.63) is 57.6 Å². The third-order valence-electron chi connectivity index (χ3n) is 2.89. The summed E-state index contributed by atoms with van der Waals surface area (Å²) in [4.78, 5) is 12.5. The number of rotatable bonds is 3. The van der Waals surface area contributed by atoms with Gasteiger partial charge < -0.3 is 16.2 Å². The lowest BCUT2D eigenvalue weighted by atomic mass is 10.1. The summed E-state index contributed by atoms with van der Waals surface area (Å²) < 4.78 is 0.807. The lowest BCUT2D eigenvalue weighted by molar-refractivity contribution is 0.102. The first-order valence-electron chi connectivity index (χ1n) is 6.09. The molecule has 0 spiro atoms. The van der Waals surface area contributed by atoms with Crippen LogP contribution >= 0.6 is 28.1 Å². The summed E-state index contributed by atoms with van der Waals surface area (Å²) >= 11 is 8.31. The van der Waals surface area contributed by atoms with Crippen LogP contribution < -0.4 is 11.1 Å². The fourth-order valence-electron chi connectivity index (χ4n) is 1.85. The van der Waals surface area contributed by atoms with E-state index in [-0.39, 0.29) is 16.3 Å². The van der Waals surface area contributed by atoms with Crippen molar-refractivity contribution in [2.45, 2.75) is 6.92 Å². The number of aromatic hydroxyl groups is 1. The molecule has 0 bridgehead atoms. The van der Waals surface area contributed by atoms with E-state index in [9.17, 15) is 9.90 Å². The number of halogens is 1. The minimum Gasteiger partial charge on any atom is -0.507 e.